The molecule has 0 aliphatic carbocycles. The number of benzene rings is 2. The summed E-state index contributed by atoms with van der Waals surface area (Å²) in [5, 5.41) is 5.97. The summed E-state index contributed by atoms with van der Waals surface area (Å²) in [6.07, 6.45) is 1.35. The van der Waals surface area contributed by atoms with E-state index in [1.807, 2.05) is 55.5 Å². The molecule has 0 saturated carbocycles. The second-order valence-electron chi connectivity index (χ2n) is 5.44. The number of hydrogen-bond donors (Lipinski definition) is 2. The van der Waals surface area contributed by atoms with Gasteiger partial charge in [0.1, 0.15) is 23.6 Å². The van der Waals surface area contributed by atoms with Crippen molar-refractivity contribution in [2.45, 2.75) is 6.92 Å². The maximum Gasteiger partial charge on any atom is 0.274 e. The number of nitrogens with one attached hydrogen (secondary N) is 2. The van der Waals surface area contributed by atoms with Crippen LogP contribution < -0.4 is 15.4 Å². The van der Waals surface area contributed by atoms with Crippen LogP contribution in [0.5, 0.6) is 5.75 Å². The van der Waals surface area contributed by atoms with Gasteiger partial charge >= 0.3 is 0 Å². The van der Waals surface area contributed by atoms with E-state index >= 15 is 0 Å². The zero-order valence-corrected chi connectivity index (χ0v) is 14.0. The second-order valence-corrected chi connectivity index (χ2v) is 5.44. The van der Waals surface area contributed by atoms with Gasteiger partial charge in [-0.3, -0.25) is 4.79 Å². The first-order valence-electron chi connectivity index (χ1n) is 7.76. The van der Waals surface area contributed by atoms with Crippen LogP contribution in [0.4, 0.5) is 17.2 Å². The third-order valence-electron chi connectivity index (χ3n) is 3.55. The molecule has 0 spiro atoms. The lowest BCUT2D eigenvalue weighted by molar-refractivity contribution is 0.102. The van der Waals surface area contributed by atoms with Crippen LogP contribution in [0.3, 0.4) is 0 Å². The smallest absolute Gasteiger partial charge is 0.274 e. The number of carbonyl (C=O) groups excluding carboxylic acids is 1. The Bertz CT molecular complexity index is 882. The minimum absolute atomic E-state index is 0.271. The van der Waals surface area contributed by atoms with Gasteiger partial charge in [-0.1, -0.05) is 24.3 Å². The molecule has 0 radical (unpaired) electrons. The molecule has 1 amide bonds. The molecule has 0 atom stereocenters. The van der Waals surface area contributed by atoms with Crippen LogP contribution in [0, 0.1) is 6.92 Å². The van der Waals surface area contributed by atoms with Crippen molar-refractivity contribution in [3.8, 4) is 5.75 Å². The Balaban J connectivity index is 1.80. The Morgan fingerprint density at radius 3 is 2.60 bits per heavy atom. The van der Waals surface area contributed by atoms with Gasteiger partial charge in [0.25, 0.3) is 5.91 Å². The first-order chi connectivity index (χ1) is 12.2. The number of aryl methyl sites for hydroxylation is 1. The van der Waals surface area contributed by atoms with Crippen LogP contribution >= 0.6 is 0 Å². The van der Waals surface area contributed by atoms with Gasteiger partial charge in [-0.2, -0.15) is 0 Å². The van der Waals surface area contributed by atoms with E-state index in [2.05, 4.69) is 20.6 Å². The van der Waals surface area contributed by atoms with Gasteiger partial charge in [0.15, 0.2) is 0 Å². The van der Waals surface area contributed by atoms with Gasteiger partial charge in [0.2, 0.25) is 0 Å². The van der Waals surface area contributed by atoms with Crippen molar-refractivity contribution < 1.29 is 9.53 Å². The van der Waals surface area contributed by atoms with E-state index in [-0.39, 0.29) is 11.6 Å². The molecule has 0 fully saturated rings. The van der Waals surface area contributed by atoms with Crippen molar-refractivity contribution in [2.75, 3.05) is 17.7 Å². The summed E-state index contributed by atoms with van der Waals surface area (Å²) in [6, 6.07) is 16.6. The summed E-state index contributed by atoms with van der Waals surface area (Å²) in [4.78, 5) is 20.6. The fourth-order valence-corrected chi connectivity index (χ4v) is 2.32. The number of nitrogens with zero attached hydrogens (tertiary/aromatic N) is 2. The fourth-order valence-electron chi connectivity index (χ4n) is 2.32. The molecule has 1 heterocycles. The number of methoxy groups -OCH3 is 1. The van der Waals surface area contributed by atoms with Crippen LogP contribution in [0.25, 0.3) is 0 Å². The van der Waals surface area contributed by atoms with Crippen LogP contribution in [-0.4, -0.2) is 23.0 Å². The Hall–Kier alpha value is -3.41. The van der Waals surface area contributed by atoms with E-state index in [0.717, 1.165) is 11.3 Å². The summed E-state index contributed by atoms with van der Waals surface area (Å²) in [7, 11) is 1.61. The van der Waals surface area contributed by atoms with Crippen molar-refractivity contribution in [1.29, 1.82) is 0 Å². The van der Waals surface area contributed by atoms with Crippen molar-refractivity contribution in [3.63, 3.8) is 0 Å². The summed E-state index contributed by atoms with van der Waals surface area (Å²) in [6.45, 7) is 1.99. The topological polar surface area (TPSA) is 76.1 Å². The number of aromatic nitrogens is 2. The highest BCUT2D eigenvalue weighted by molar-refractivity contribution is 6.03. The van der Waals surface area contributed by atoms with Gasteiger partial charge in [-0.05, 0) is 36.8 Å². The Labute approximate surface area is 145 Å². The molecule has 25 heavy (non-hydrogen) atoms. The van der Waals surface area contributed by atoms with Crippen LogP contribution in [0.2, 0.25) is 0 Å². The molecular weight excluding hydrogens is 316 g/mol. The van der Waals surface area contributed by atoms with Gasteiger partial charge in [-0.25, -0.2) is 9.97 Å². The quantitative estimate of drug-likeness (QED) is 0.742. The Morgan fingerprint density at radius 2 is 1.84 bits per heavy atom. The third kappa shape index (κ3) is 4.11. The predicted octanol–water partition coefficient (Wildman–Crippen LogP) is 3.79. The minimum Gasteiger partial charge on any atom is -0.495 e. The highest BCUT2D eigenvalue weighted by atomic mass is 16.5. The van der Waals surface area contributed by atoms with Crippen molar-refractivity contribution in [2.24, 2.45) is 0 Å². The maximum atomic E-state index is 12.3. The Morgan fingerprint density at radius 1 is 1.04 bits per heavy atom. The summed E-state index contributed by atoms with van der Waals surface area (Å²) < 4.78 is 5.34. The second kappa shape index (κ2) is 7.44. The molecule has 126 valence electrons. The number of carbonyl (C=O) groups is 1. The normalized spacial score (nSPS) is 10.2. The molecule has 0 unspecified atom stereocenters. The van der Waals surface area contributed by atoms with Gasteiger partial charge in [-0.15, -0.1) is 0 Å². The summed E-state index contributed by atoms with van der Waals surface area (Å²) in [5.41, 5.74) is 2.84. The first kappa shape index (κ1) is 16.4. The van der Waals surface area contributed by atoms with E-state index in [0.29, 0.717) is 17.3 Å². The number of anilines is 3. The van der Waals surface area contributed by atoms with Gasteiger partial charge < -0.3 is 15.4 Å². The van der Waals surface area contributed by atoms with Crippen molar-refractivity contribution in [1.82, 2.24) is 9.97 Å². The molecule has 6 heteroatoms. The number of amides is 1. The molecule has 1 aromatic heterocycles. The zero-order chi connectivity index (χ0) is 17.6. The van der Waals surface area contributed by atoms with Crippen LogP contribution in [-0.2, 0) is 0 Å². The number of ether oxygens (including phenoxy) is 1. The van der Waals surface area contributed by atoms with Crippen LogP contribution in [0.15, 0.2) is 60.9 Å². The molecule has 2 aromatic carbocycles. The zero-order valence-electron chi connectivity index (χ0n) is 14.0. The lowest BCUT2D eigenvalue weighted by atomic mass is 10.2. The van der Waals surface area contributed by atoms with E-state index in [1.165, 1.54) is 6.33 Å². The molecular formula is C19H18N4O2. The summed E-state index contributed by atoms with van der Waals surface area (Å²) >= 11 is 0. The Kier molecular flexibility index (Phi) is 4.89. The molecule has 0 aliphatic heterocycles. The van der Waals surface area contributed by atoms with Crippen molar-refractivity contribution in [3.05, 3.63) is 72.2 Å². The van der Waals surface area contributed by atoms with E-state index in [4.69, 9.17) is 4.74 Å². The average molecular weight is 334 g/mol. The maximum absolute atomic E-state index is 12.3. The largest absolute Gasteiger partial charge is 0.495 e. The molecule has 0 bridgehead atoms. The molecule has 0 saturated heterocycles. The first-order valence-corrected chi connectivity index (χ1v) is 7.76. The standard InChI is InChI=1S/C19H18N4O2/c1-13-8-9-17(25-2)15(10-13)23-18-11-16(20-12-21-18)19(24)22-14-6-4-3-5-7-14/h3-12H,1-2H3,(H,22,24)(H,20,21,23). The SMILES string of the molecule is COc1ccc(C)cc1Nc1cc(C(=O)Nc2ccccc2)ncn1. The van der Waals surface area contributed by atoms with E-state index in [9.17, 15) is 4.79 Å². The third-order valence-corrected chi connectivity index (χ3v) is 3.55. The number of para-hydroxylation sites is 1. The fraction of sp³-hybridized carbons (Fsp3) is 0.105. The monoisotopic (exact) mass is 334 g/mol. The van der Waals surface area contributed by atoms with E-state index in [1.54, 1.807) is 13.2 Å². The number of rotatable bonds is 5. The van der Waals surface area contributed by atoms with Crippen molar-refractivity contribution >= 4 is 23.1 Å². The van der Waals surface area contributed by atoms with E-state index < -0.39 is 0 Å². The lowest BCUT2D eigenvalue weighted by Gasteiger charge is -2.12. The van der Waals surface area contributed by atoms with Gasteiger partial charge in [0.05, 0.1) is 12.8 Å². The molecule has 6 nitrogen and oxygen atoms in total. The minimum atomic E-state index is -0.298. The van der Waals surface area contributed by atoms with Crippen LogP contribution in [0.1, 0.15) is 16.1 Å². The molecule has 3 rings (SSSR count). The highest BCUT2D eigenvalue weighted by Gasteiger charge is 2.10. The molecule has 3 aromatic rings. The average Bonchev–Trinajstić information content (AvgIpc) is 2.63. The predicted molar refractivity (Wildman–Crippen MR) is 97.4 cm³/mol. The van der Waals surface area contributed by atoms with Gasteiger partial charge in [0, 0.05) is 11.8 Å². The number of hydrogen-bond acceptors (Lipinski definition) is 5. The summed E-state index contributed by atoms with van der Waals surface area (Å²) in [5.74, 6) is 0.907. The highest BCUT2D eigenvalue weighted by Crippen LogP contribution is 2.27. The lowest BCUT2D eigenvalue weighted by Crippen LogP contribution is -2.14. The molecule has 0 aliphatic rings. The molecule has 2 N–H and O–H groups in total.